The van der Waals surface area contributed by atoms with E-state index < -0.39 is 159 Å². The van der Waals surface area contributed by atoms with E-state index in [2.05, 4.69) is 53.4 Å². The molecule has 0 rings (SSSR count). The SMILES string of the molecule is CC(=O)NC(CCCCNC(=O)COCC(OCC=O)C(COCC(=O)NCCCCC(NC(=O)NC(=O)OC(C)(C)C)C(=O)NCC(=O)O)OCC(=O)NCCCCC(CNCC(=O)O)NNC(=O)OC(C)(C)C)C(=O)NCC(=O)O. The molecule has 0 aromatic carbocycles. The van der Waals surface area contributed by atoms with Crippen LogP contribution in [-0.4, -0.2) is 220 Å². The largest absolute Gasteiger partial charge is 0.480 e. The van der Waals surface area contributed by atoms with Gasteiger partial charge in [0.2, 0.25) is 35.4 Å². The molecule has 0 aliphatic heterocycles. The summed E-state index contributed by atoms with van der Waals surface area (Å²) in [7, 11) is 0. The molecule has 0 fully saturated rings. The molecular formula is C49H85N11O22. The van der Waals surface area contributed by atoms with Crippen LogP contribution in [0.15, 0.2) is 0 Å². The highest BCUT2D eigenvalue weighted by Crippen LogP contribution is 2.10. The van der Waals surface area contributed by atoms with Crippen LogP contribution >= 0.6 is 0 Å². The third-order valence-corrected chi connectivity index (χ3v) is 10.2. The van der Waals surface area contributed by atoms with Gasteiger partial charge in [0.15, 0.2) is 0 Å². The third kappa shape index (κ3) is 43.5. The molecule has 14 N–H and O–H groups in total. The maximum Gasteiger partial charge on any atom is 0.422 e. The molecular weight excluding hydrogens is 1090 g/mol. The average molecular weight is 1180 g/mol. The zero-order valence-corrected chi connectivity index (χ0v) is 47.6. The van der Waals surface area contributed by atoms with Crippen molar-refractivity contribution in [3.63, 3.8) is 0 Å². The number of carbonyl (C=O) groups is 13. The van der Waals surface area contributed by atoms with Crippen molar-refractivity contribution in [2.24, 2.45) is 0 Å². The summed E-state index contributed by atoms with van der Waals surface area (Å²) >= 11 is 0. The molecule has 0 aromatic rings. The number of carboxylic acids is 3. The molecule has 33 nitrogen and oxygen atoms in total. The van der Waals surface area contributed by atoms with E-state index in [4.69, 9.17) is 43.7 Å². The Kier molecular flexibility index (Phi) is 38.7. The molecule has 0 aliphatic rings. The van der Waals surface area contributed by atoms with Gasteiger partial charge in [-0.05, 0) is 92.9 Å². The third-order valence-electron chi connectivity index (χ3n) is 10.2. The topological polar surface area (TPSA) is 470 Å². The van der Waals surface area contributed by atoms with E-state index in [0.717, 1.165) is 0 Å². The first-order valence-electron chi connectivity index (χ1n) is 26.4. The summed E-state index contributed by atoms with van der Waals surface area (Å²) in [5, 5.41) is 48.6. The summed E-state index contributed by atoms with van der Waals surface area (Å²) in [6, 6.07) is -3.79. The zero-order chi connectivity index (χ0) is 62.1. The monoisotopic (exact) mass is 1180 g/mol. The molecule has 0 aromatic heterocycles. The van der Waals surface area contributed by atoms with Crippen LogP contribution < -0.4 is 58.7 Å². The molecule has 0 spiro atoms. The minimum absolute atomic E-state index is 0.0411. The fraction of sp³-hybridized carbons (Fsp3) is 0.735. The first-order chi connectivity index (χ1) is 38.5. The lowest BCUT2D eigenvalue weighted by atomic mass is 10.1. The Morgan fingerprint density at radius 1 is 0.524 bits per heavy atom. The lowest BCUT2D eigenvalue weighted by molar-refractivity contribution is -0.151. The van der Waals surface area contributed by atoms with Gasteiger partial charge in [-0.3, -0.25) is 48.6 Å². The summed E-state index contributed by atoms with van der Waals surface area (Å²) in [4.78, 5) is 156. The summed E-state index contributed by atoms with van der Waals surface area (Å²) in [5.41, 5.74) is 3.55. The van der Waals surface area contributed by atoms with E-state index in [1.165, 1.54) is 6.92 Å². The Morgan fingerprint density at radius 3 is 1.41 bits per heavy atom. The number of hydrogen-bond donors (Lipinski definition) is 14. The number of amides is 10. The number of nitrogens with one attached hydrogen (secondary N) is 11. The quantitative estimate of drug-likeness (QED) is 0.0169. The number of carboxylic acid groups (broad SMARTS) is 3. The Labute approximate surface area is 474 Å². The summed E-state index contributed by atoms with van der Waals surface area (Å²) in [6.45, 7) is 6.81. The number of rotatable bonds is 44. The van der Waals surface area contributed by atoms with E-state index >= 15 is 0 Å². The highest BCUT2D eigenvalue weighted by molar-refractivity contribution is 5.94. The minimum Gasteiger partial charge on any atom is -0.480 e. The van der Waals surface area contributed by atoms with Gasteiger partial charge in [-0.2, -0.15) is 0 Å². The number of ether oxygens (including phenoxy) is 6. The van der Waals surface area contributed by atoms with Crippen molar-refractivity contribution < 1.29 is 106 Å². The maximum atomic E-state index is 13.0. The van der Waals surface area contributed by atoms with Gasteiger partial charge in [0.1, 0.15) is 81.3 Å². The fourth-order valence-electron chi connectivity index (χ4n) is 6.69. The van der Waals surface area contributed by atoms with Crippen LogP contribution in [0.3, 0.4) is 0 Å². The standard InChI is InChI=1S/C49H85N11O22/c1-31(62)56-33(43(72)54-24-41(68)69)15-9-12-18-51-37(63)28-77-26-35(79-21-20-61)36(80-30-39(65)53-17-11-8-14-32(22-50-23-40(66)67)59-60-47(76)82-49(5,6)7)27-78-29-38(64)52-19-13-10-16-34(44(73)55-25-42(70)71)57-45(74)58-46(75)81-48(2,3)4/h20,32-36,50,59H,8-19,21-30H2,1-7H3,(H,51,63)(H,52,64)(H,53,65)(H,54,72)(H,55,73)(H,56,62)(H,60,76)(H,66,67)(H,68,69)(H,70,71)(H2,57,58,74,75). The van der Waals surface area contributed by atoms with E-state index in [9.17, 15) is 62.3 Å². The van der Waals surface area contributed by atoms with Crippen LogP contribution in [0.1, 0.15) is 106 Å². The van der Waals surface area contributed by atoms with Crippen LogP contribution in [0.4, 0.5) is 14.4 Å². The Balaban J connectivity index is 5.73. The van der Waals surface area contributed by atoms with Crippen molar-refractivity contribution in [2.75, 3.05) is 85.5 Å². The van der Waals surface area contributed by atoms with Crippen LogP contribution in [0, 0.1) is 0 Å². The van der Waals surface area contributed by atoms with Crippen LogP contribution in [-0.2, 0) is 76.4 Å². The molecule has 10 amide bonds. The molecule has 0 saturated carbocycles. The number of aliphatic carboxylic acids is 3. The number of imide groups is 1. The van der Waals surface area contributed by atoms with Gasteiger partial charge in [-0.1, -0.05) is 6.42 Å². The molecule has 0 radical (unpaired) electrons. The molecule has 82 heavy (non-hydrogen) atoms. The van der Waals surface area contributed by atoms with Gasteiger partial charge >= 0.3 is 36.1 Å². The maximum absolute atomic E-state index is 13.0. The Morgan fingerprint density at radius 2 is 0.963 bits per heavy atom. The summed E-state index contributed by atoms with van der Waals surface area (Å²) in [5.74, 6) is -7.52. The molecule has 0 aliphatic carbocycles. The minimum atomic E-state index is -1.34. The lowest BCUT2D eigenvalue weighted by Gasteiger charge is -2.26. The van der Waals surface area contributed by atoms with Gasteiger partial charge in [0.05, 0.1) is 19.8 Å². The van der Waals surface area contributed by atoms with Gasteiger partial charge in [0.25, 0.3) is 0 Å². The summed E-state index contributed by atoms with van der Waals surface area (Å²) in [6.07, 6.45) is -1.14. The predicted molar refractivity (Wildman–Crippen MR) is 285 cm³/mol. The van der Waals surface area contributed by atoms with E-state index in [-0.39, 0.29) is 65.0 Å². The van der Waals surface area contributed by atoms with E-state index in [0.29, 0.717) is 38.4 Å². The highest BCUT2D eigenvalue weighted by atomic mass is 16.6. The first-order valence-corrected chi connectivity index (χ1v) is 26.4. The van der Waals surface area contributed by atoms with Gasteiger partial charge in [0, 0.05) is 39.1 Å². The number of hydrazine groups is 1. The normalized spacial score (nSPS) is 13.0. The molecule has 0 saturated heterocycles. The number of unbranched alkanes of at least 4 members (excludes halogenated alkanes) is 3. The molecule has 5 unspecified atom stereocenters. The Hall–Kier alpha value is -7.33. The van der Waals surface area contributed by atoms with Crippen molar-refractivity contribution in [1.29, 1.82) is 0 Å². The van der Waals surface area contributed by atoms with Gasteiger partial charge in [-0.15, -0.1) is 0 Å². The van der Waals surface area contributed by atoms with Gasteiger partial charge in [-0.25, -0.2) is 25.1 Å². The van der Waals surface area contributed by atoms with Gasteiger partial charge < -0.3 is 91.1 Å². The molecule has 0 heterocycles. The molecule has 33 heteroatoms. The highest BCUT2D eigenvalue weighted by Gasteiger charge is 2.28. The Bertz CT molecular complexity index is 2050. The number of aldehydes is 1. The first kappa shape index (κ1) is 74.7. The predicted octanol–water partition coefficient (Wildman–Crippen LogP) is -2.57. The van der Waals surface area contributed by atoms with Crippen molar-refractivity contribution in [2.45, 2.75) is 148 Å². The lowest BCUT2D eigenvalue weighted by Crippen LogP contribution is -2.52. The smallest absolute Gasteiger partial charge is 0.422 e. The number of urea groups is 1. The average Bonchev–Trinajstić information content (AvgIpc) is 3.37. The molecule has 0 bridgehead atoms. The number of hydrogen-bond acceptors (Lipinski definition) is 21. The molecule has 5 atom stereocenters. The fourth-order valence-corrected chi connectivity index (χ4v) is 6.69. The molecule has 468 valence electrons. The van der Waals surface area contributed by atoms with Crippen molar-refractivity contribution >= 4 is 77.9 Å². The van der Waals surface area contributed by atoms with Crippen LogP contribution in [0.25, 0.3) is 0 Å². The second-order valence-electron chi connectivity index (χ2n) is 20.1. The number of carbonyl (C=O) groups excluding carboxylic acids is 10. The van der Waals surface area contributed by atoms with Crippen molar-refractivity contribution in [1.82, 2.24) is 58.7 Å². The van der Waals surface area contributed by atoms with Crippen molar-refractivity contribution in [3.8, 4) is 0 Å². The van der Waals surface area contributed by atoms with E-state index in [1.54, 1.807) is 41.5 Å². The van der Waals surface area contributed by atoms with E-state index in [1.807, 2.05) is 5.32 Å². The summed E-state index contributed by atoms with van der Waals surface area (Å²) < 4.78 is 33.0. The zero-order valence-electron chi connectivity index (χ0n) is 47.6. The second kappa shape index (κ2) is 42.5. The van der Waals surface area contributed by atoms with Crippen molar-refractivity contribution in [3.05, 3.63) is 0 Å². The second-order valence-corrected chi connectivity index (χ2v) is 20.1. The van der Waals surface area contributed by atoms with Crippen LogP contribution in [0.5, 0.6) is 0 Å². The number of alkyl carbamates (subject to hydrolysis) is 1. The van der Waals surface area contributed by atoms with Crippen LogP contribution in [0.2, 0.25) is 0 Å².